The van der Waals surface area contributed by atoms with Crippen molar-refractivity contribution in [2.45, 2.75) is 19.3 Å². The van der Waals surface area contributed by atoms with Gasteiger partial charge in [-0.25, -0.2) is 0 Å². The van der Waals surface area contributed by atoms with Gasteiger partial charge in [-0.2, -0.15) is 18.2 Å². The second-order valence-electron chi connectivity index (χ2n) is 7.79. The standard InChI is InChI=1S/C23H25F3N4O3/c1-31-19-5-3-4-17(21(19)32-2)14-29-10-12-30(13-11-29)15-20-27-22(28-33-20)16-6-8-18(9-7-16)23(24,25)26/h3-9H,10-15H2,1-2H3. The maximum atomic E-state index is 12.7. The number of benzene rings is 2. The van der Waals surface area contributed by atoms with Gasteiger partial charge in [-0.15, -0.1) is 0 Å². The van der Waals surface area contributed by atoms with Crippen molar-refractivity contribution in [2.75, 3.05) is 40.4 Å². The molecule has 0 atom stereocenters. The highest BCUT2D eigenvalue weighted by molar-refractivity contribution is 5.54. The third-order valence-electron chi connectivity index (χ3n) is 5.64. The van der Waals surface area contributed by atoms with Crippen molar-refractivity contribution in [3.8, 4) is 22.9 Å². The van der Waals surface area contributed by atoms with Gasteiger partial charge in [0, 0.05) is 43.9 Å². The second-order valence-corrected chi connectivity index (χ2v) is 7.79. The predicted octanol–water partition coefficient (Wildman–Crippen LogP) is 4.09. The van der Waals surface area contributed by atoms with E-state index in [1.807, 2.05) is 18.2 Å². The van der Waals surface area contributed by atoms with Crippen LogP contribution >= 0.6 is 0 Å². The average Bonchev–Trinajstić information content (AvgIpc) is 3.28. The van der Waals surface area contributed by atoms with Crippen LogP contribution in [0, 0.1) is 0 Å². The monoisotopic (exact) mass is 462 g/mol. The highest BCUT2D eigenvalue weighted by Gasteiger charge is 2.30. The summed E-state index contributed by atoms with van der Waals surface area (Å²) < 4.78 is 54.4. The highest BCUT2D eigenvalue weighted by atomic mass is 19.4. The first-order valence-electron chi connectivity index (χ1n) is 10.5. The summed E-state index contributed by atoms with van der Waals surface area (Å²) in [5.74, 6) is 2.19. The van der Waals surface area contributed by atoms with Gasteiger partial charge in [0.05, 0.1) is 26.3 Å². The van der Waals surface area contributed by atoms with Crippen molar-refractivity contribution in [1.29, 1.82) is 0 Å². The lowest BCUT2D eigenvalue weighted by molar-refractivity contribution is -0.137. The molecule has 1 aromatic heterocycles. The number of methoxy groups -OCH3 is 2. The van der Waals surface area contributed by atoms with Gasteiger partial charge in [-0.3, -0.25) is 9.80 Å². The fourth-order valence-corrected chi connectivity index (χ4v) is 3.86. The van der Waals surface area contributed by atoms with E-state index in [2.05, 4.69) is 19.9 Å². The lowest BCUT2D eigenvalue weighted by atomic mass is 10.1. The molecule has 7 nitrogen and oxygen atoms in total. The van der Waals surface area contributed by atoms with Crippen LogP contribution in [-0.4, -0.2) is 60.3 Å². The van der Waals surface area contributed by atoms with Crippen molar-refractivity contribution in [1.82, 2.24) is 19.9 Å². The molecule has 0 amide bonds. The van der Waals surface area contributed by atoms with E-state index in [-0.39, 0.29) is 5.82 Å². The third kappa shape index (κ3) is 5.45. The van der Waals surface area contributed by atoms with Crippen molar-refractivity contribution in [2.24, 2.45) is 0 Å². The molecule has 4 rings (SSSR count). The summed E-state index contributed by atoms with van der Waals surface area (Å²) in [4.78, 5) is 8.90. The molecule has 3 aromatic rings. The number of piperazine rings is 1. The first-order chi connectivity index (χ1) is 15.9. The Morgan fingerprint density at radius 3 is 2.18 bits per heavy atom. The van der Waals surface area contributed by atoms with Gasteiger partial charge in [-0.1, -0.05) is 29.4 Å². The van der Waals surface area contributed by atoms with Crippen LogP contribution in [0.4, 0.5) is 13.2 Å². The highest BCUT2D eigenvalue weighted by Crippen LogP contribution is 2.32. The summed E-state index contributed by atoms with van der Waals surface area (Å²) in [6, 6.07) is 10.6. The Morgan fingerprint density at radius 2 is 1.58 bits per heavy atom. The molecule has 33 heavy (non-hydrogen) atoms. The van der Waals surface area contributed by atoms with Gasteiger partial charge in [0.1, 0.15) is 0 Å². The number of hydrogen-bond acceptors (Lipinski definition) is 7. The summed E-state index contributed by atoms with van der Waals surface area (Å²) in [5, 5.41) is 3.92. The van der Waals surface area contributed by atoms with E-state index in [9.17, 15) is 13.2 Å². The van der Waals surface area contributed by atoms with Crippen LogP contribution in [-0.2, 0) is 19.3 Å². The van der Waals surface area contributed by atoms with E-state index in [4.69, 9.17) is 14.0 Å². The smallest absolute Gasteiger partial charge is 0.416 e. The van der Waals surface area contributed by atoms with E-state index in [0.29, 0.717) is 23.7 Å². The summed E-state index contributed by atoms with van der Waals surface area (Å²) in [6.07, 6.45) is -4.37. The van der Waals surface area contributed by atoms with Crippen LogP contribution in [0.5, 0.6) is 11.5 Å². The summed E-state index contributed by atoms with van der Waals surface area (Å²) in [6.45, 7) is 4.62. The quantitative estimate of drug-likeness (QED) is 0.524. The molecule has 2 aromatic carbocycles. The number of ether oxygens (including phenoxy) is 2. The van der Waals surface area contributed by atoms with Crippen LogP contribution in [0.3, 0.4) is 0 Å². The summed E-state index contributed by atoms with van der Waals surface area (Å²) in [7, 11) is 3.27. The van der Waals surface area contributed by atoms with Gasteiger partial charge < -0.3 is 14.0 Å². The first kappa shape index (κ1) is 23.1. The minimum atomic E-state index is -4.37. The number of nitrogens with zero attached hydrogens (tertiary/aromatic N) is 4. The van der Waals surface area contributed by atoms with Crippen molar-refractivity contribution >= 4 is 0 Å². The molecule has 0 bridgehead atoms. The van der Waals surface area contributed by atoms with Crippen molar-refractivity contribution in [3.63, 3.8) is 0 Å². The summed E-state index contributed by atoms with van der Waals surface area (Å²) in [5.41, 5.74) is 0.845. The lowest BCUT2D eigenvalue weighted by Crippen LogP contribution is -2.45. The van der Waals surface area contributed by atoms with Crippen molar-refractivity contribution < 1.29 is 27.2 Å². The fraction of sp³-hybridized carbons (Fsp3) is 0.391. The maximum absolute atomic E-state index is 12.7. The molecule has 0 saturated carbocycles. The molecule has 0 unspecified atom stereocenters. The van der Waals surface area contributed by atoms with Gasteiger partial charge in [0.25, 0.3) is 0 Å². The SMILES string of the molecule is COc1cccc(CN2CCN(Cc3nc(-c4ccc(C(F)(F)F)cc4)no3)CC2)c1OC. The Bertz CT molecular complexity index is 1060. The molecule has 10 heteroatoms. The largest absolute Gasteiger partial charge is 0.493 e. The average molecular weight is 462 g/mol. The molecule has 0 aliphatic carbocycles. The van der Waals surface area contributed by atoms with Gasteiger partial charge in [-0.05, 0) is 18.2 Å². The number of hydrogen-bond donors (Lipinski definition) is 0. The van der Waals surface area contributed by atoms with Gasteiger partial charge in [0.2, 0.25) is 11.7 Å². The normalized spacial score (nSPS) is 15.5. The molecule has 1 saturated heterocycles. The third-order valence-corrected chi connectivity index (χ3v) is 5.64. The minimum absolute atomic E-state index is 0.280. The number of alkyl halides is 3. The zero-order valence-electron chi connectivity index (χ0n) is 18.4. The molecule has 2 heterocycles. The zero-order valence-corrected chi connectivity index (χ0v) is 18.4. The van der Waals surface area contributed by atoms with Crippen LogP contribution in [0.15, 0.2) is 47.0 Å². The van der Waals surface area contributed by atoms with E-state index >= 15 is 0 Å². The molecule has 176 valence electrons. The Kier molecular flexibility index (Phi) is 6.85. The van der Waals surface area contributed by atoms with E-state index in [0.717, 1.165) is 56.2 Å². The summed E-state index contributed by atoms with van der Waals surface area (Å²) >= 11 is 0. The number of halogens is 3. The molecule has 1 aliphatic rings. The van der Waals surface area contributed by atoms with Crippen LogP contribution in [0.25, 0.3) is 11.4 Å². The predicted molar refractivity (Wildman–Crippen MR) is 115 cm³/mol. The molecule has 1 fully saturated rings. The fourth-order valence-electron chi connectivity index (χ4n) is 3.86. The number of para-hydroxylation sites is 1. The van der Waals surface area contributed by atoms with Crippen LogP contribution in [0.1, 0.15) is 17.0 Å². The Hall–Kier alpha value is -3.11. The molecule has 0 radical (unpaired) electrons. The number of rotatable bonds is 7. The van der Waals surface area contributed by atoms with Gasteiger partial charge >= 0.3 is 6.18 Å². The van der Waals surface area contributed by atoms with E-state index in [1.165, 1.54) is 12.1 Å². The van der Waals surface area contributed by atoms with E-state index < -0.39 is 11.7 Å². The Balaban J connectivity index is 1.32. The van der Waals surface area contributed by atoms with Gasteiger partial charge in [0.15, 0.2) is 11.5 Å². The molecule has 0 spiro atoms. The van der Waals surface area contributed by atoms with E-state index in [1.54, 1.807) is 14.2 Å². The molecular weight excluding hydrogens is 437 g/mol. The molecule has 1 aliphatic heterocycles. The molecule has 0 N–H and O–H groups in total. The number of aromatic nitrogens is 2. The molecular formula is C23H25F3N4O3. The topological polar surface area (TPSA) is 63.9 Å². The first-order valence-corrected chi connectivity index (χ1v) is 10.5. The Labute approximate surface area is 189 Å². The van der Waals surface area contributed by atoms with Crippen LogP contribution in [0.2, 0.25) is 0 Å². The van der Waals surface area contributed by atoms with Crippen LogP contribution < -0.4 is 9.47 Å². The Morgan fingerprint density at radius 1 is 0.909 bits per heavy atom. The second kappa shape index (κ2) is 9.80. The lowest BCUT2D eigenvalue weighted by Gasteiger charge is -2.34. The zero-order chi connectivity index (χ0) is 23.4. The maximum Gasteiger partial charge on any atom is 0.416 e. The minimum Gasteiger partial charge on any atom is -0.493 e. The van der Waals surface area contributed by atoms with Crippen molar-refractivity contribution in [3.05, 3.63) is 59.5 Å².